The second-order valence-electron chi connectivity index (χ2n) is 9.98. The average Bonchev–Trinajstić information content (AvgIpc) is 2.87. The van der Waals surface area contributed by atoms with Gasteiger partial charge in [0.1, 0.15) is 18.1 Å². The molecule has 5 heteroatoms. The van der Waals surface area contributed by atoms with Crippen LogP contribution in [-0.2, 0) is 9.53 Å². The number of fused-ring (bicyclic) bond motifs is 2. The minimum atomic E-state index is -0.112. The molecule has 2 aromatic rings. The number of carbonyl (C=O) groups excluding carboxylic acids is 1. The van der Waals surface area contributed by atoms with E-state index in [1.165, 1.54) is 64.2 Å². The minimum absolute atomic E-state index is 0. The van der Waals surface area contributed by atoms with Gasteiger partial charge in [-0.15, -0.1) is 12.4 Å². The zero-order valence-corrected chi connectivity index (χ0v) is 20.9. The van der Waals surface area contributed by atoms with Gasteiger partial charge in [-0.2, -0.15) is 0 Å². The van der Waals surface area contributed by atoms with Crippen LogP contribution in [0.1, 0.15) is 87.7 Å². The van der Waals surface area contributed by atoms with Crippen molar-refractivity contribution in [3.05, 3.63) is 59.7 Å². The van der Waals surface area contributed by atoms with Gasteiger partial charge >= 0.3 is 5.97 Å². The molecule has 5 rings (SSSR count). The van der Waals surface area contributed by atoms with Gasteiger partial charge in [-0.3, -0.25) is 9.69 Å². The Bertz CT molecular complexity index is 873. The number of benzene rings is 2. The number of hydrogen-bond acceptors (Lipinski definition) is 4. The van der Waals surface area contributed by atoms with E-state index in [2.05, 4.69) is 17.0 Å². The number of ether oxygens (including phenoxy) is 2. The average molecular weight is 484 g/mol. The number of esters is 1. The number of carbonyl (C=O) groups is 1. The smallest absolute Gasteiger partial charge is 0.306 e. The molecule has 0 atom stereocenters. The van der Waals surface area contributed by atoms with Gasteiger partial charge in [0.25, 0.3) is 0 Å². The third-order valence-electron chi connectivity index (χ3n) is 7.88. The molecular weight excluding hydrogens is 446 g/mol. The van der Waals surface area contributed by atoms with Crippen molar-refractivity contribution in [2.45, 2.75) is 88.6 Å². The Labute approximate surface area is 210 Å². The molecule has 4 nitrogen and oxygen atoms in total. The Hall–Kier alpha value is -2.04. The van der Waals surface area contributed by atoms with E-state index in [1.54, 1.807) is 0 Å². The van der Waals surface area contributed by atoms with Crippen molar-refractivity contribution in [1.82, 2.24) is 4.90 Å². The second kappa shape index (κ2) is 12.1. The molecule has 0 unspecified atom stereocenters. The molecule has 3 aliphatic rings. The first kappa shape index (κ1) is 25.1. The molecule has 0 aromatic heterocycles. The third-order valence-corrected chi connectivity index (χ3v) is 7.88. The van der Waals surface area contributed by atoms with Crippen LogP contribution in [0, 0.1) is 0 Å². The van der Waals surface area contributed by atoms with Gasteiger partial charge in [-0.25, -0.2) is 0 Å². The van der Waals surface area contributed by atoms with E-state index >= 15 is 0 Å². The van der Waals surface area contributed by atoms with Gasteiger partial charge in [0.2, 0.25) is 0 Å². The molecule has 1 heterocycles. The largest absolute Gasteiger partial charge is 0.464 e. The Morgan fingerprint density at radius 1 is 0.794 bits per heavy atom. The van der Waals surface area contributed by atoms with Crippen LogP contribution in [0.5, 0.6) is 11.5 Å². The topological polar surface area (TPSA) is 38.8 Å². The van der Waals surface area contributed by atoms with Crippen LogP contribution in [-0.4, -0.2) is 36.1 Å². The van der Waals surface area contributed by atoms with E-state index in [4.69, 9.17) is 9.47 Å². The summed E-state index contributed by atoms with van der Waals surface area (Å²) in [5.41, 5.74) is 2.14. The molecule has 0 bridgehead atoms. The van der Waals surface area contributed by atoms with Gasteiger partial charge in [0.05, 0.1) is 6.42 Å². The summed E-state index contributed by atoms with van der Waals surface area (Å²) in [5, 5.41) is 0. The molecule has 0 radical (unpaired) electrons. The highest BCUT2D eigenvalue weighted by Crippen LogP contribution is 2.45. The summed E-state index contributed by atoms with van der Waals surface area (Å²) >= 11 is 0. The summed E-state index contributed by atoms with van der Waals surface area (Å²) in [6.45, 7) is 1.38. The second-order valence-corrected chi connectivity index (χ2v) is 9.98. The molecule has 2 aliphatic carbocycles. The third kappa shape index (κ3) is 5.78. The highest BCUT2D eigenvalue weighted by molar-refractivity contribution is 5.85. The summed E-state index contributed by atoms with van der Waals surface area (Å²) in [6.07, 6.45) is 13.7. The van der Waals surface area contributed by atoms with Crippen molar-refractivity contribution in [2.75, 3.05) is 13.2 Å². The normalized spacial score (nSPS) is 19.0. The van der Waals surface area contributed by atoms with Crippen LogP contribution in [0.4, 0.5) is 0 Å². The number of rotatable bonds is 7. The first-order chi connectivity index (χ1) is 16.3. The maximum atomic E-state index is 13.0. The van der Waals surface area contributed by atoms with Crippen LogP contribution in [0.25, 0.3) is 0 Å². The fourth-order valence-electron chi connectivity index (χ4n) is 6.21. The van der Waals surface area contributed by atoms with Crippen LogP contribution < -0.4 is 4.74 Å². The van der Waals surface area contributed by atoms with E-state index in [-0.39, 0.29) is 24.3 Å². The van der Waals surface area contributed by atoms with Crippen molar-refractivity contribution in [3.8, 4) is 11.5 Å². The fraction of sp³-hybridized carbons (Fsp3) is 0.552. The molecule has 1 aliphatic heterocycles. The lowest BCUT2D eigenvalue weighted by Gasteiger charge is -2.41. The lowest BCUT2D eigenvalue weighted by Crippen LogP contribution is -2.46. The molecule has 0 amide bonds. The predicted molar refractivity (Wildman–Crippen MR) is 138 cm³/mol. The molecule has 0 N–H and O–H groups in total. The quantitative estimate of drug-likeness (QED) is 0.389. The van der Waals surface area contributed by atoms with Gasteiger partial charge in [0.15, 0.2) is 0 Å². The maximum absolute atomic E-state index is 13.0. The fourth-order valence-corrected chi connectivity index (χ4v) is 6.21. The molecule has 2 fully saturated rings. The highest BCUT2D eigenvalue weighted by Gasteiger charge is 2.31. The molecule has 2 aromatic carbocycles. The molecule has 0 saturated heterocycles. The molecule has 184 valence electrons. The predicted octanol–water partition coefficient (Wildman–Crippen LogP) is 7.25. The van der Waals surface area contributed by atoms with Crippen molar-refractivity contribution in [1.29, 1.82) is 0 Å². The zero-order chi connectivity index (χ0) is 22.5. The standard InChI is InChI=1S/C29H37NO3.ClH/c31-29(21-26-24-15-7-9-17-27(24)33-28-18-10-8-16-25(26)28)32-20-19-30(22-11-3-1-4-12-22)23-13-5-2-6-14-23;/h7-10,15-18,22-23,26H,1-6,11-14,19-21H2;1H. The number of halogens is 1. The number of para-hydroxylation sites is 2. The van der Waals surface area contributed by atoms with Crippen LogP contribution >= 0.6 is 12.4 Å². The van der Waals surface area contributed by atoms with Gasteiger partial charge in [-0.1, -0.05) is 74.9 Å². The minimum Gasteiger partial charge on any atom is -0.464 e. The first-order valence-electron chi connectivity index (χ1n) is 13.1. The molecular formula is C29H38ClNO3. The van der Waals surface area contributed by atoms with E-state index in [0.29, 0.717) is 25.1 Å². The Kier molecular flexibility index (Phi) is 8.91. The van der Waals surface area contributed by atoms with E-state index in [1.807, 2.05) is 36.4 Å². The van der Waals surface area contributed by atoms with Crippen molar-refractivity contribution in [2.24, 2.45) is 0 Å². The lowest BCUT2D eigenvalue weighted by atomic mass is 9.85. The lowest BCUT2D eigenvalue weighted by molar-refractivity contribution is -0.144. The summed E-state index contributed by atoms with van der Waals surface area (Å²) in [7, 11) is 0. The SMILES string of the molecule is Cl.O=C(CC1c2ccccc2Oc2ccccc21)OCCN(C1CCCCC1)C1CCCCC1. The molecule has 2 saturated carbocycles. The summed E-state index contributed by atoms with van der Waals surface area (Å²) in [6, 6.07) is 17.4. The van der Waals surface area contributed by atoms with Crippen molar-refractivity contribution >= 4 is 18.4 Å². The van der Waals surface area contributed by atoms with Gasteiger partial charge in [-0.05, 0) is 37.8 Å². The highest BCUT2D eigenvalue weighted by atomic mass is 35.5. The van der Waals surface area contributed by atoms with Gasteiger partial charge in [0, 0.05) is 35.7 Å². The summed E-state index contributed by atoms with van der Waals surface area (Å²) in [5.74, 6) is 1.55. The number of hydrogen-bond donors (Lipinski definition) is 0. The monoisotopic (exact) mass is 483 g/mol. The molecule has 34 heavy (non-hydrogen) atoms. The van der Waals surface area contributed by atoms with E-state index < -0.39 is 0 Å². The van der Waals surface area contributed by atoms with Crippen LogP contribution in [0.15, 0.2) is 48.5 Å². The van der Waals surface area contributed by atoms with Crippen molar-refractivity contribution < 1.29 is 14.3 Å². The Morgan fingerprint density at radius 2 is 1.29 bits per heavy atom. The van der Waals surface area contributed by atoms with Crippen LogP contribution in [0.3, 0.4) is 0 Å². The Morgan fingerprint density at radius 3 is 1.82 bits per heavy atom. The van der Waals surface area contributed by atoms with E-state index in [0.717, 1.165) is 29.2 Å². The molecule has 0 spiro atoms. The maximum Gasteiger partial charge on any atom is 0.306 e. The number of nitrogens with zero attached hydrogens (tertiary/aromatic N) is 1. The van der Waals surface area contributed by atoms with Crippen LogP contribution in [0.2, 0.25) is 0 Å². The first-order valence-corrected chi connectivity index (χ1v) is 13.1. The van der Waals surface area contributed by atoms with E-state index in [9.17, 15) is 4.79 Å². The van der Waals surface area contributed by atoms with Crippen molar-refractivity contribution in [3.63, 3.8) is 0 Å². The summed E-state index contributed by atoms with van der Waals surface area (Å²) < 4.78 is 11.9. The Balaban J connectivity index is 0.00000274. The van der Waals surface area contributed by atoms with Gasteiger partial charge < -0.3 is 9.47 Å². The summed E-state index contributed by atoms with van der Waals surface area (Å²) in [4.78, 5) is 15.7. The zero-order valence-electron chi connectivity index (χ0n) is 20.1.